The Morgan fingerprint density at radius 3 is 2.58 bits per heavy atom. The van der Waals surface area contributed by atoms with Crippen LogP contribution >= 0.6 is 22.6 Å². The van der Waals surface area contributed by atoms with Gasteiger partial charge >= 0.3 is 6.18 Å². The van der Waals surface area contributed by atoms with E-state index in [1.807, 2.05) is 0 Å². The maximum absolute atomic E-state index is 12.6. The number of hydrogen-bond donors (Lipinski definition) is 2. The summed E-state index contributed by atoms with van der Waals surface area (Å²) < 4.78 is 38.1. The van der Waals surface area contributed by atoms with Crippen LogP contribution in [0.5, 0.6) is 0 Å². The summed E-state index contributed by atoms with van der Waals surface area (Å²) >= 11 is 1.73. The first-order chi connectivity index (χ1) is 8.70. The van der Waals surface area contributed by atoms with E-state index in [0.717, 1.165) is 12.1 Å². The molecule has 1 amide bonds. The predicted octanol–water partition coefficient (Wildman–Crippen LogP) is 2.81. The lowest BCUT2D eigenvalue weighted by atomic mass is 10.1. The summed E-state index contributed by atoms with van der Waals surface area (Å²) in [7, 11) is 0. The third kappa shape index (κ3) is 5.35. The van der Waals surface area contributed by atoms with Gasteiger partial charge in [-0.3, -0.25) is 4.79 Å². The van der Waals surface area contributed by atoms with E-state index in [4.69, 9.17) is 5.11 Å². The van der Waals surface area contributed by atoms with E-state index in [1.165, 1.54) is 6.07 Å². The minimum absolute atomic E-state index is 0.0372. The predicted molar refractivity (Wildman–Crippen MR) is 72.8 cm³/mol. The van der Waals surface area contributed by atoms with Gasteiger partial charge in [0, 0.05) is 15.7 Å². The number of halogens is 4. The minimum atomic E-state index is -4.48. The fourth-order valence-corrected chi connectivity index (χ4v) is 2.05. The number of rotatable bonds is 4. The molecule has 1 rings (SSSR count). The zero-order valence-electron chi connectivity index (χ0n) is 10.1. The molecule has 0 aliphatic heterocycles. The molecule has 0 aromatic heterocycles. The highest BCUT2D eigenvalue weighted by Gasteiger charge is 2.31. The topological polar surface area (TPSA) is 49.3 Å². The van der Waals surface area contributed by atoms with Gasteiger partial charge in [0.1, 0.15) is 0 Å². The average molecular weight is 387 g/mol. The molecule has 2 N–H and O–H groups in total. The summed E-state index contributed by atoms with van der Waals surface area (Å²) in [6.45, 7) is 1.78. The van der Waals surface area contributed by atoms with Crippen molar-refractivity contribution in [2.24, 2.45) is 0 Å². The van der Waals surface area contributed by atoms with Crippen molar-refractivity contribution in [3.05, 3.63) is 32.9 Å². The van der Waals surface area contributed by atoms with Crippen molar-refractivity contribution in [3.63, 3.8) is 0 Å². The molecular weight excluding hydrogens is 374 g/mol. The molecule has 7 heteroatoms. The zero-order valence-corrected chi connectivity index (χ0v) is 12.2. The van der Waals surface area contributed by atoms with Crippen LogP contribution in [0.2, 0.25) is 0 Å². The highest BCUT2D eigenvalue weighted by Crippen LogP contribution is 2.31. The number of hydrogen-bond acceptors (Lipinski definition) is 2. The lowest BCUT2D eigenvalue weighted by molar-refractivity contribution is -0.137. The minimum Gasteiger partial charge on any atom is -0.393 e. The largest absolute Gasteiger partial charge is 0.416 e. The van der Waals surface area contributed by atoms with Gasteiger partial charge in [-0.05, 0) is 54.1 Å². The van der Waals surface area contributed by atoms with E-state index in [1.54, 1.807) is 29.5 Å². The molecule has 3 nitrogen and oxygen atoms in total. The number of aliphatic hydroxyl groups excluding tert-OH is 1. The Hall–Kier alpha value is -0.830. The van der Waals surface area contributed by atoms with Gasteiger partial charge in [0.05, 0.1) is 11.7 Å². The van der Waals surface area contributed by atoms with Crippen molar-refractivity contribution >= 4 is 28.5 Å². The van der Waals surface area contributed by atoms with E-state index in [9.17, 15) is 18.0 Å². The number of benzene rings is 1. The number of carbonyl (C=O) groups is 1. The summed E-state index contributed by atoms with van der Waals surface area (Å²) in [4.78, 5) is 11.7. The van der Waals surface area contributed by atoms with Gasteiger partial charge in [0.2, 0.25) is 0 Å². The van der Waals surface area contributed by atoms with E-state index < -0.39 is 23.8 Å². The molecule has 0 aliphatic carbocycles. The highest BCUT2D eigenvalue weighted by atomic mass is 127. The van der Waals surface area contributed by atoms with Crippen LogP contribution in [-0.4, -0.2) is 23.7 Å². The van der Waals surface area contributed by atoms with Crippen molar-refractivity contribution in [1.82, 2.24) is 5.32 Å². The second kappa shape index (κ2) is 6.56. The van der Waals surface area contributed by atoms with E-state index >= 15 is 0 Å². The molecule has 0 saturated heterocycles. The second-order valence-electron chi connectivity index (χ2n) is 4.12. The highest BCUT2D eigenvalue weighted by molar-refractivity contribution is 14.1. The summed E-state index contributed by atoms with van der Waals surface area (Å²) in [5.41, 5.74) is -0.884. The summed E-state index contributed by atoms with van der Waals surface area (Å²) in [5.74, 6) is -0.579. The van der Waals surface area contributed by atoms with Crippen molar-refractivity contribution in [2.45, 2.75) is 25.6 Å². The van der Waals surface area contributed by atoms with E-state index in [-0.39, 0.29) is 12.1 Å². The Morgan fingerprint density at radius 2 is 2.05 bits per heavy atom. The van der Waals surface area contributed by atoms with Gasteiger partial charge in [-0.1, -0.05) is 0 Å². The Kier molecular flexibility index (Phi) is 5.60. The molecule has 0 saturated carbocycles. The second-order valence-corrected chi connectivity index (χ2v) is 5.37. The quantitative estimate of drug-likeness (QED) is 0.781. The molecule has 0 heterocycles. The number of alkyl halides is 3. The third-order valence-corrected chi connectivity index (χ3v) is 2.96. The zero-order chi connectivity index (χ0) is 14.6. The first kappa shape index (κ1) is 16.2. The van der Waals surface area contributed by atoms with Crippen molar-refractivity contribution in [1.29, 1.82) is 0 Å². The van der Waals surface area contributed by atoms with Crippen molar-refractivity contribution in [3.8, 4) is 0 Å². The molecular formula is C12H13F3INO2. The lowest BCUT2D eigenvalue weighted by Gasteiger charge is -2.11. The van der Waals surface area contributed by atoms with Crippen molar-refractivity contribution in [2.75, 3.05) is 6.54 Å². The van der Waals surface area contributed by atoms with Gasteiger partial charge in [0.15, 0.2) is 0 Å². The van der Waals surface area contributed by atoms with Crippen LogP contribution in [0.3, 0.4) is 0 Å². The van der Waals surface area contributed by atoms with E-state index in [0.29, 0.717) is 9.99 Å². The standard InChI is InChI=1S/C12H13F3INO2/c1-7(18)2-3-17-11(19)8-4-9(12(13,14)15)6-10(16)5-8/h4-7,18H,2-3H2,1H3,(H,17,19)/t7-/m1/s1. The van der Waals surface area contributed by atoms with Crippen LogP contribution in [0.1, 0.15) is 29.3 Å². The summed E-state index contributed by atoms with van der Waals surface area (Å²) in [6, 6.07) is 3.18. The average Bonchev–Trinajstić information content (AvgIpc) is 2.26. The molecule has 106 valence electrons. The molecule has 1 aromatic rings. The van der Waals surface area contributed by atoms with Crippen LogP contribution in [-0.2, 0) is 6.18 Å². The Balaban J connectivity index is 2.83. The Morgan fingerprint density at radius 1 is 1.42 bits per heavy atom. The van der Waals surface area contributed by atoms with Crippen LogP contribution in [0.4, 0.5) is 13.2 Å². The van der Waals surface area contributed by atoms with Gasteiger partial charge in [-0.15, -0.1) is 0 Å². The number of nitrogens with one attached hydrogen (secondary N) is 1. The molecule has 0 spiro atoms. The number of aliphatic hydroxyl groups is 1. The number of carbonyl (C=O) groups excluding carboxylic acids is 1. The number of amides is 1. The Bertz CT molecular complexity index is 461. The first-order valence-electron chi connectivity index (χ1n) is 5.54. The molecule has 0 aliphatic rings. The molecule has 1 aromatic carbocycles. The first-order valence-corrected chi connectivity index (χ1v) is 6.62. The molecule has 1 atom stereocenters. The maximum atomic E-state index is 12.6. The normalized spacial score (nSPS) is 13.2. The fraction of sp³-hybridized carbons (Fsp3) is 0.417. The van der Waals surface area contributed by atoms with Gasteiger partial charge in [-0.2, -0.15) is 13.2 Å². The monoisotopic (exact) mass is 387 g/mol. The lowest BCUT2D eigenvalue weighted by Crippen LogP contribution is -2.27. The van der Waals surface area contributed by atoms with Gasteiger partial charge in [-0.25, -0.2) is 0 Å². The molecule has 0 unspecified atom stereocenters. The van der Waals surface area contributed by atoms with Gasteiger partial charge < -0.3 is 10.4 Å². The molecule has 0 bridgehead atoms. The maximum Gasteiger partial charge on any atom is 0.416 e. The van der Waals surface area contributed by atoms with Crippen LogP contribution in [0, 0.1) is 3.57 Å². The SMILES string of the molecule is C[C@@H](O)CCNC(=O)c1cc(I)cc(C(F)(F)F)c1. The Labute approximate surface area is 122 Å². The van der Waals surface area contributed by atoms with E-state index in [2.05, 4.69) is 5.32 Å². The fourth-order valence-electron chi connectivity index (χ4n) is 1.38. The van der Waals surface area contributed by atoms with Crippen LogP contribution in [0.15, 0.2) is 18.2 Å². The summed E-state index contributed by atoms with van der Waals surface area (Å²) in [5, 5.41) is 11.5. The van der Waals surface area contributed by atoms with Crippen molar-refractivity contribution < 1.29 is 23.1 Å². The third-order valence-electron chi connectivity index (χ3n) is 2.33. The van der Waals surface area contributed by atoms with Crippen LogP contribution in [0.25, 0.3) is 0 Å². The van der Waals surface area contributed by atoms with Crippen LogP contribution < -0.4 is 5.32 Å². The van der Waals surface area contributed by atoms with Gasteiger partial charge in [0.25, 0.3) is 5.91 Å². The molecule has 0 radical (unpaired) electrons. The molecule has 0 fully saturated rings. The summed E-state index contributed by atoms with van der Waals surface area (Å²) in [6.07, 6.45) is -4.70. The molecule has 19 heavy (non-hydrogen) atoms. The smallest absolute Gasteiger partial charge is 0.393 e.